The molecular formula is C12H17BrN2O2S. The van der Waals surface area contributed by atoms with Crippen LogP contribution in [0.15, 0.2) is 22.9 Å². The molecule has 1 heterocycles. The number of nitrogens with one attached hydrogen (secondary N) is 1. The molecule has 0 bridgehead atoms. The Hall–Kier alpha value is -0.620. The van der Waals surface area contributed by atoms with Crippen molar-refractivity contribution in [3.63, 3.8) is 0 Å². The molecule has 18 heavy (non-hydrogen) atoms. The molecule has 1 aromatic heterocycles. The highest BCUT2D eigenvalue weighted by molar-refractivity contribution is 9.10. The average Bonchev–Trinajstić information content (AvgIpc) is 2.32. The van der Waals surface area contributed by atoms with E-state index in [1.807, 2.05) is 0 Å². The van der Waals surface area contributed by atoms with Gasteiger partial charge in [0, 0.05) is 0 Å². The fourth-order valence-electron chi connectivity index (χ4n) is 2.32. The lowest BCUT2D eigenvalue weighted by Gasteiger charge is -2.21. The second kappa shape index (κ2) is 6.02. The van der Waals surface area contributed by atoms with Gasteiger partial charge in [-0.05, 0) is 46.8 Å². The van der Waals surface area contributed by atoms with E-state index in [9.17, 15) is 8.42 Å². The van der Waals surface area contributed by atoms with Gasteiger partial charge in [0.2, 0.25) is 10.0 Å². The minimum Gasteiger partial charge on any atom is -0.282 e. The molecule has 100 valence electrons. The van der Waals surface area contributed by atoms with Gasteiger partial charge in [0.25, 0.3) is 0 Å². The zero-order valence-electron chi connectivity index (χ0n) is 10.1. The van der Waals surface area contributed by atoms with E-state index in [1.165, 1.54) is 12.6 Å². The van der Waals surface area contributed by atoms with E-state index in [4.69, 9.17) is 0 Å². The Kier molecular flexibility index (Phi) is 4.61. The van der Waals surface area contributed by atoms with Crippen LogP contribution in [-0.4, -0.2) is 19.2 Å². The molecule has 1 fully saturated rings. The van der Waals surface area contributed by atoms with E-state index in [1.54, 1.807) is 12.1 Å². The van der Waals surface area contributed by atoms with Crippen LogP contribution in [0, 0.1) is 5.92 Å². The van der Waals surface area contributed by atoms with Crippen LogP contribution in [0.1, 0.15) is 32.1 Å². The molecule has 0 unspecified atom stereocenters. The lowest BCUT2D eigenvalue weighted by atomic mass is 9.91. The second-order valence-electron chi connectivity index (χ2n) is 4.76. The quantitative estimate of drug-likeness (QED) is 0.861. The van der Waals surface area contributed by atoms with Crippen molar-refractivity contribution in [1.82, 2.24) is 4.98 Å². The number of nitrogens with zero attached hydrogens (tertiary/aromatic N) is 1. The normalized spacial score (nSPS) is 17.6. The van der Waals surface area contributed by atoms with Gasteiger partial charge in [-0.25, -0.2) is 13.4 Å². The number of anilines is 1. The highest BCUT2D eigenvalue weighted by atomic mass is 79.9. The smallest absolute Gasteiger partial charge is 0.233 e. The monoisotopic (exact) mass is 332 g/mol. The van der Waals surface area contributed by atoms with Crippen LogP contribution < -0.4 is 4.72 Å². The van der Waals surface area contributed by atoms with Gasteiger partial charge in [-0.15, -0.1) is 0 Å². The molecule has 2 rings (SSSR count). The Labute approximate surface area is 116 Å². The summed E-state index contributed by atoms with van der Waals surface area (Å²) >= 11 is 3.22. The molecule has 4 nitrogen and oxygen atoms in total. The van der Waals surface area contributed by atoms with Gasteiger partial charge < -0.3 is 0 Å². The summed E-state index contributed by atoms with van der Waals surface area (Å²) in [7, 11) is -3.25. The predicted molar refractivity (Wildman–Crippen MR) is 75.9 cm³/mol. The van der Waals surface area contributed by atoms with Crippen LogP contribution in [0.5, 0.6) is 0 Å². The first kappa shape index (κ1) is 13.8. The molecule has 1 saturated carbocycles. The Morgan fingerprint density at radius 2 is 2.00 bits per heavy atom. The summed E-state index contributed by atoms with van der Waals surface area (Å²) in [6.45, 7) is 0. The molecule has 0 radical (unpaired) electrons. The number of hydrogen-bond acceptors (Lipinski definition) is 3. The van der Waals surface area contributed by atoms with Crippen molar-refractivity contribution >= 4 is 31.6 Å². The maximum Gasteiger partial charge on any atom is 0.233 e. The van der Waals surface area contributed by atoms with Gasteiger partial charge >= 0.3 is 0 Å². The molecule has 1 N–H and O–H groups in total. The van der Waals surface area contributed by atoms with Crippen LogP contribution in [0.25, 0.3) is 0 Å². The summed E-state index contributed by atoms with van der Waals surface area (Å²) in [5, 5.41) is 0. The molecule has 0 aromatic carbocycles. The topological polar surface area (TPSA) is 59.1 Å². The van der Waals surface area contributed by atoms with Gasteiger partial charge in [-0.2, -0.15) is 0 Å². The molecular weight excluding hydrogens is 316 g/mol. The molecule has 0 amide bonds. The van der Waals surface area contributed by atoms with Gasteiger partial charge in [0.1, 0.15) is 4.60 Å². The first-order valence-corrected chi connectivity index (χ1v) is 8.62. The largest absolute Gasteiger partial charge is 0.282 e. The fourth-order valence-corrected chi connectivity index (χ4v) is 4.07. The number of hydrogen-bond donors (Lipinski definition) is 1. The van der Waals surface area contributed by atoms with Crippen molar-refractivity contribution < 1.29 is 8.42 Å². The third-order valence-electron chi connectivity index (χ3n) is 3.18. The lowest BCUT2D eigenvalue weighted by molar-refractivity contribution is 0.385. The summed E-state index contributed by atoms with van der Waals surface area (Å²) in [5.41, 5.74) is 0.522. The lowest BCUT2D eigenvalue weighted by Crippen LogP contribution is -2.24. The molecule has 0 saturated heterocycles. The van der Waals surface area contributed by atoms with Crippen LogP contribution in [0.3, 0.4) is 0 Å². The molecule has 6 heteroatoms. The van der Waals surface area contributed by atoms with Crippen LogP contribution >= 0.6 is 15.9 Å². The van der Waals surface area contributed by atoms with Crippen LogP contribution in [0.2, 0.25) is 0 Å². The Bertz CT molecular complexity index is 481. The number of aromatic nitrogens is 1. The van der Waals surface area contributed by atoms with E-state index in [2.05, 4.69) is 25.6 Å². The summed E-state index contributed by atoms with van der Waals surface area (Å²) in [5.74, 6) is 0.531. The first-order chi connectivity index (χ1) is 8.55. The number of rotatable bonds is 4. The minimum atomic E-state index is -3.25. The van der Waals surface area contributed by atoms with Crippen molar-refractivity contribution in [2.24, 2.45) is 5.92 Å². The fraction of sp³-hybridized carbons (Fsp3) is 0.583. The van der Waals surface area contributed by atoms with Crippen molar-refractivity contribution in [2.75, 3.05) is 10.5 Å². The average molecular weight is 333 g/mol. The van der Waals surface area contributed by atoms with Gasteiger partial charge in [0.15, 0.2) is 0 Å². The second-order valence-corrected chi connectivity index (χ2v) is 7.34. The minimum absolute atomic E-state index is 0.225. The van der Waals surface area contributed by atoms with E-state index in [0.29, 0.717) is 16.2 Å². The van der Waals surface area contributed by atoms with Crippen LogP contribution in [-0.2, 0) is 10.0 Å². The summed E-state index contributed by atoms with van der Waals surface area (Å²) < 4.78 is 27.3. The SMILES string of the molecule is O=S(=O)(CC1CCCCC1)Nc1ccc(Br)nc1. The number of halogens is 1. The zero-order valence-corrected chi connectivity index (χ0v) is 12.5. The molecule has 1 aliphatic rings. The highest BCUT2D eigenvalue weighted by Crippen LogP contribution is 2.25. The maximum atomic E-state index is 12.0. The van der Waals surface area contributed by atoms with Crippen molar-refractivity contribution in [3.05, 3.63) is 22.9 Å². The zero-order chi connectivity index (χ0) is 13.0. The predicted octanol–water partition coefficient (Wildman–Crippen LogP) is 3.17. The third kappa shape index (κ3) is 4.24. The van der Waals surface area contributed by atoms with Crippen molar-refractivity contribution in [3.8, 4) is 0 Å². The number of pyridine rings is 1. The summed E-state index contributed by atoms with van der Waals surface area (Å²) in [6, 6.07) is 3.42. The molecule has 1 aliphatic carbocycles. The van der Waals surface area contributed by atoms with Crippen LogP contribution in [0.4, 0.5) is 5.69 Å². The Morgan fingerprint density at radius 1 is 1.28 bits per heavy atom. The Balaban J connectivity index is 1.96. The van der Waals surface area contributed by atoms with Gasteiger partial charge in [0.05, 0.1) is 17.6 Å². The van der Waals surface area contributed by atoms with E-state index < -0.39 is 10.0 Å². The van der Waals surface area contributed by atoms with Crippen molar-refractivity contribution in [1.29, 1.82) is 0 Å². The highest BCUT2D eigenvalue weighted by Gasteiger charge is 2.21. The molecule has 0 aliphatic heterocycles. The Morgan fingerprint density at radius 3 is 2.61 bits per heavy atom. The summed E-state index contributed by atoms with van der Waals surface area (Å²) in [6.07, 6.45) is 7.11. The molecule has 0 spiro atoms. The standard InChI is InChI=1S/C12H17BrN2O2S/c13-12-7-6-11(8-14-12)15-18(16,17)9-10-4-2-1-3-5-10/h6-8,10,15H,1-5,9H2. The van der Waals surface area contributed by atoms with Crippen molar-refractivity contribution in [2.45, 2.75) is 32.1 Å². The number of sulfonamides is 1. The summed E-state index contributed by atoms with van der Waals surface area (Å²) in [4.78, 5) is 4.00. The van der Waals surface area contributed by atoms with E-state index in [-0.39, 0.29) is 5.75 Å². The molecule has 1 aromatic rings. The van der Waals surface area contributed by atoms with E-state index >= 15 is 0 Å². The molecule has 0 atom stereocenters. The third-order valence-corrected chi connectivity index (χ3v) is 5.11. The van der Waals surface area contributed by atoms with Gasteiger partial charge in [-0.3, -0.25) is 4.72 Å². The first-order valence-electron chi connectivity index (χ1n) is 6.17. The van der Waals surface area contributed by atoms with E-state index in [0.717, 1.165) is 25.7 Å². The van der Waals surface area contributed by atoms with Gasteiger partial charge in [-0.1, -0.05) is 19.3 Å². The maximum absolute atomic E-state index is 12.0.